The fraction of sp³-hybridized carbons (Fsp3) is 0.238. The molecular formula is C21H22F2N2S2. The predicted octanol–water partition coefficient (Wildman–Crippen LogP) is 5.55. The van der Waals surface area contributed by atoms with Crippen LogP contribution in [0.5, 0.6) is 0 Å². The Morgan fingerprint density at radius 1 is 1.19 bits per heavy atom. The second kappa shape index (κ2) is 9.33. The van der Waals surface area contributed by atoms with Crippen molar-refractivity contribution in [3.05, 3.63) is 83.7 Å². The number of halogens is 2. The van der Waals surface area contributed by atoms with E-state index in [1.54, 1.807) is 24.5 Å². The molecule has 3 rings (SSSR count). The number of benzene rings is 1. The van der Waals surface area contributed by atoms with Crippen molar-refractivity contribution < 1.29 is 8.78 Å². The molecule has 142 valence electrons. The SMILES string of the molecule is C=C(Cc1ccc(SC(F)F)cc1)N(Cc1ccncc1)C1C=CS(=C)C1. The van der Waals surface area contributed by atoms with Crippen molar-refractivity contribution in [1.29, 1.82) is 0 Å². The maximum atomic E-state index is 12.5. The monoisotopic (exact) mass is 404 g/mol. The van der Waals surface area contributed by atoms with Crippen molar-refractivity contribution in [3.63, 3.8) is 0 Å². The number of allylic oxidation sites excluding steroid dienone is 1. The molecule has 1 aliphatic heterocycles. The number of alkyl halides is 2. The molecule has 1 aliphatic rings. The van der Waals surface area contributed by atoms with Gasteiger partial charge in [-0.1, -0.05) is 42.4 Å². The molecule has 1 aromatic heterocycles. The summed E-state index contributed by atoms with van der Waals surface area (Å²) in [7, 11) is 0.0471. The number of hydrogen-bond acceptors (Lipinski definition) is 3. The van der Waals surface area contributed by atoms with Crippen LogP contribution in [0.2, 0.25) is 0 Å². The van der Waals surface area contributed by atoms with Gasteiger partial charge in [-0.3, -0.25) is 4.98 Å². The van der Waals surface area contributed by atoms with Crippen LogP contribution < -0.4 is 0 Å². The van der Waals surface area contributed by atoms with Gasteiger partial charge in [0.05, 0.1) is 6.04 Å². The summed E-state index contributed by atoms with van der Waals surface area (Å²) in [6.07, 6.45) is 6.49. The molecule has 0 radical (unpaired) electrons. The highest BCUT2D eigenvalue weighted by molar-refractivity contribution is 8.16. The summed E-state index contributed by atoms with van der Waals surface area (Å²) in [6, 6.07) is 11.6. The Morgan fingerprint density at radius 3 is 2.48 bits per heavy atom. The minimum atomic E-state index is -2.40. The molecule has 0 saturated heterocycles. The Bertz CT molecular complexity index is 820. The van der Waals surface area contributed by atoms with Gasteiger partial charge in [-0.2, -0.15) is 19.3 Å². The van der Waals surface area contributed by atoms with Gasteiger partial charge < -0.3 is 4.90 Å². The summed E-state index contributed by atoms with van der Waals surface area (Å²) in [5.74, 6) is 2.76. The molecule has 6 heteroatoms. The molecule has 2 atom stereocenters. The van der Waals surface area contributed by atoms with Gasteiger partial charge in [0.1, 0.15) is 0 Å². The Hall–Kier alpha value is -1.92. The van der Waals surface area contributed by atoms with E-state index in [1.807, 2.05) is 24.3 Å². The second-order valence-corrected chi connectivity index (χ2v) is 9.09. The van der Waals surface area contributed by atoms with Crippen molar-refractivity contribution in [3.8, 4) is 0 Å². The zero-order valence-electron chi connectivity index (χ0n) is 14.9. The lowest BCUT2D eigenvalue weighted by Crippen LogP contribution is -2.33. The Morgan fingerprint density at radius 2 is 1.89 bits per heavy atom. The molecule has 0 saturated carbocycles. The number of rotatable bonds is 8. The number of pyridine rings is 1. The number of thioether (sulfide) groups is 1. The molecule has 0 bridgehead atoms. The van der Waals surface area contributed by atoms with Crippen molar-refractivity contribution in [2.45, 2.75) is 29.7 Å². The van der Waals surface area contributed by atoms with Crippen LogP contribution in [-0.2, 0) is 13.0 Å². The third-order valence-corrected chi connectivity index (χ3v) is 6.38. The molecule has 2 heterocycles. The quantitative estimate of drug-likeness (QED) is 0.424. The van der Waals surface area contributed by atoms with E-state index >= 15 is 0 Å². The lowest BCUT2D eigenvalue weighted by atomic mass is 10.1. The smallest absolute Gasteiger partial charge is 0.288 e. The molecule has 0 N–H and O–H groups in total. The maximum absolute atomic E-state index is 12.5. The molecule has 0 fully saturated rings. The van der Waals surface area contributed by atoms with Crippen LogP contribution in [0.3, 0.4) is 0 Å². The minimum Gasteiger partial charge on any atom is -0.363 e. The Kier molecular flexibility index (Phi) is 6.85. The molecule has 1 aromatic carbocycles. The van der Waals surface area contributed by atoms with Crippen molar-refractivity contribution in [2.75, 3.05) is 5.75 Å². The molecule has 0 amide bonds. The zero-order valence-corrected chi connectivity index (χ0v) is 16.6. The molecule has 2 aromatic rings. The second-order valence-electron chi connectivity index (χ2n) is 6.35. The average molecular weight is 405 g/mol. The van der Waals surface area contributed by atoms with Gasteiger partial charge >= 0.3 is 0 Å². The normalized spacial score (nSPS) is 18.8. The number of nitrogens with zero attached hydrogens (tertiary/aromatic N) is 2. The summed E-state index contributed by atoms with van der Waals surface area (Å²) >= 11 is 0.567. The third-order valence-electron chi connectivity index (χ3n) is 4.34. The van der Waals surface area contributed by atoms with E-state index in [0.717, 1.165) is 23.6 Å². The number of aromatic nitrogens is 1. The van der Waals surface area contributed by atoms with Crippen LogP contribution in [-0.4, -0.2) is 33.3 Å². The molecule has 2 nitrogen and oxygen atoms in total. The summed E-state index contributed by atoms with van der Waals surface area (Å²) < 4.78 is 25.0. The van der Waals surface area contributed by atoms with E-state index in [-0.39, 0.29) is 16.5 Å². The first kappa shape index (κ1) is 19.8. The van der Waals surface area contributed by atoms with Gasteiger partial charge in [-0.15, -0.1) is 0 Å². The summed E-state index contributed by atoms with van der Waals surface area (Å²) in [5.41, 5.74) is 3.25. The standard InChI is InChI=1S/C21H22F2N2S2/c1-16(13-17-3-5-20(6-4-17)26-21(22)23)25(19-9-12-27(2)15-19)14-18-7-10-24-11-8-18/h3-12,19,21H,1-2,13-15H2. The topological polar surface area (TPSA) is 16.1 Å². The van der Waals surface area contributed by atoms with Crippen molar-refractivity contribution in [2.24, 2.45) is 0 Å². The largest absolute Gasteiger partial charge is 0.363 e. The maximum Gasteiger partial charge on any atom is 0.288 e. The van der Waals surface area contributed by atoms with Crippen LogP contribution in [0.4, 0.5) is 8.78 Å². The lowest BCUT2D eigenvalue weighted by Gasteiger charge is -2.32. The van der Waals surface area contributed by atoms with Crippen LogP contribution in [0.25, 0.3) is 0 Å². The minimum absolute atomic E-state index is 0.0471. The van der Waals surface area contributed by atoms with Gasteiger partial charge in [0.25, 0.3) is 5.76 Å². The molecule has 27 heavy (non-hydrogen) atoms. The van der Waals surface area contributed by atoms with Gasteiger partial charge in [0.2, 0.25) is 0 Å². The molecular weight excluding hydrogens is 382 g/mol. The fourth-order valence-corrected chi connectivity index (χ4v) is 4.74. The molecule has 2 unspecified atom stereocenters. The van der Waals surface area contributed by atoms with Gasteiger partial charge in [-0.05, 0) is 40.8 Å². The van der Waals surface area contributed by atoms with Crippen molar-refractivity contribution >= 4 is 28.1 Å². The van der Waals surface area contributed by atoms with E-state index in [2.05, 4.69) is 33.8 Å². The van der Waals surface area contributed by atoms with Gasteiger partial charge in [0.15, 0.2) is 0 Å². The van der Waals surface area contributed by atoms with Crippen molar-refractivity contribution in [1.82, 2.24) is 9.88 Å². The predicted molar refractivity (Wildman–Crippen MR) is 113 cm³/mol. The first-order chi connectivity index (χ1) is 13.0. The summed E-state index contributed by atoms with van der Waals surface area (Å²) in [6.45, 7) is 5.08. The van der Waals surface area contributed by atoms with Crippen LogP contribution >= 0.6 is 22.2 Å². The van der Waals surface area contributed by atoms with Gasteiger partial charge in [-0.25, -0.2) is 0 Å². The third kappa shape index (κ3) is 5.78. The highest BCUT2D eigenvalue weighted by Gasteiger charge is 2.21. The van der Waals surface area contributed by atoms with E-state index in [4.69, 9.17) is 0 Å². The summed E-state index contributed by atoms with van der Waals surface area (Å²) in [4.78, 5) is 6.97. The van der Waals surface area contributed by atoms with Gasteiger partial charge in [0, 0.05) is 41.7 Å². The Balaban J connectivity index is 1.72. The first-order valence-corrected chi connectivity index (χ1v) is 11.1. The highest BCUT2D eigenvalue weighted by Crippen LogP contribution is 2.30. The van der Waals surface area contributed by atoms with E-state index in [0.29, 0.717) is 23.1 Å². The first-order valence-electron chi connectivity index (χ1n) is 8.56. The zero-order chi connectivity index (χ0) is 19.2. The highest BCUT2D eigenvalue weighted by atomic mass is 32.2. The van der Waals surface area contributed by atoms with E-state index < -0.39 is 5.76 Å². The average Bonchev–Trinajstić information content (AvgIpc) is 3.08. The lowest BCUT2D eigenvalue weighted by molar-refractivity contribution is 0.252. The van der Waals surface area contributed by atoms with E-state index in [9.17, 15) is 8.78 Å². The molecule has 0 aliphatic carbocycles. The fourth-order valence-electron chi connectivity index (χ4n) is 3.00. The Labute approximate surface area is 165 Å². The van der Waals surface area contributed by atoms with Crippen LogP contribution in [0, 0.1) is 0 Å². The van der Waals surface area contributed by atoms with Crippen LogP contribution in [0.1, 0.15) is 11.1 Å². The summed E-state index contributed by atoms with van der Waals surface area (Å²) in [5, 5.41) is 2.17. The van der Waals surface area contributed by atoms with Crippen LogP contribution in [0.15, 0.2) is 77.4 Å². The number of hydrogen-bond donors (Lipinski definition) is 0. The van der Waals surface area contributed by atoms with E-state index in [1.165, 1.54) is 5.56 Å². The molecule has 0 spiro atoms.